The molecule has 1 N–H and O–H groups in total. The third kappa shape index (κ3) is 5.36. The Balaban J connectivity index is 0.00000131. The number of nitrogens with one attached hydrogen (secondary N) is 1. The van der Waals surface area contributed by atoms with Crippen molar-refractivity contribution in [3.05, 3.63) is 16.1 Å². The van der Waals surface area contributed by atoms with Crippen LogP contribution in [0, 0.1) is 12.8 Å². The highest BCUT2D eigenvalue weighted by molar-refractivity contribution is 7.09. The average Bonchev–Trinajstić information content (AvgIpc) is 3.18. The van der Waals surface area contributed by atoms with Crippen LogP contribution in [0.1, 0.15) is 49.2 Å². The van der Waals surface area contributed by atoms with Gasteiger partial charge < -0.3 is 10.2 Å². The molecule has 3 fully saturated rings. The molecule has 27 heavy (non-hydrogen) atoms. The zero-order valence-electron chi connectivity index (χ0n) is 16.2. The fraction of sp³-hybridized carbons (Fsp3) is 0.789. The zero-order chi connectivity index (χ0) is 17.4. The van der Waals surface area contributed by atoms with Gasteiger partial charge in [0.05, 0.1) is 10.7 Å². The number of aryl methyl sites for hydroxylation is 1. The van der Waals surface area contributed by atoms with E-state index in [0.29, 0.717) is 24.0 Å². The summed E-state index contributed by atoms with van der Waals surface area (Å²) in [6.07, 6.45) is 6.84. The molecule has 1 amide bonds. The van der Waals surface area contributed by atoms with Crippen LogP contribution in [0.15, 0.2) is 5.38 Å². The van der Waals surface area contributed by atoms with Crippen molar-refractivity contribution in [3.63, 3.8) is 0 Å². The molecule has 0 spiro atoms. The minimum Gasteiger partial charge on any atom is -0.342 e. The predicted molar refractivity (Wildman–Crippen MR) is 115 cm³/mol. The largest absolute Gasteiger partial charge is 0.342 e. The van der Waals surface area contributed by atoms with Crippen LogP contribution in [0.3, 0.4) is 0 Å². The van der Waals surface area contributed by atoms with Gasteiger partial charge in [-0.05, 0) is 58.5 Å². The van der Waals surface area contributed by atoms with E-state index < -0.39 is 0 Å². The number of amides is 1. The van der Waals surface area contributed by atoms with Gasteiger partial charge >= 0.3 is 0 Å². The Hall–Kier alpha value is -0.400. The van der Waals surface area contributed by atoms with Crippen molar-refractivity contribution < 1.29 is 4.79 Å². The maximum absolute atomic E-state index is 13.0. The van der Waals surface area contributed by atoms with Gasteiger partial charge in [0.25, 0.3) is 0 Å². The summed E-state index contributed by atoms with van der Waals surface area (Å²) >= 11 is 1.72. The SMILES string of the molecule is Cc1nc(CN2CCC(C(=O)N(C)C3CC4CCC(C3)N4)CC2)cs1.Cl.Cl. The van der Waals surface area contributed by atoms with Gasteiger partial charge in [0.1, 0.15) is 0 Å². The van der Waals surface area contributed by atoms with Gasteiger partial charge in [0.2, 0.25) is 5.91 Å². The van der Waals surface area contributed by atoms with Crippen LogP contribution in [0.4, 0.5) is 0 Å². The summed E-state index contributed by atoms with van der Waals surface area (Å²) in [6.45, 7) is 5.01. The number of nitrogens with zero attached hydrogens (tertiary/aromatic N) is 3. The Morgan fingerprint density at radius 3 is 2.41 bits per heavy atom. The Morgan fingerprint density at radius 1 is 1.22 bits per heavy atom. The molecule has 2 unspecified atom stereocenters. The lowest BCUT2D eigenvalue weighted by atomic mass is 9.92. The summed E-state index contributed by atoms with van der Waals surface area (Å²) in [6, 6.07) is 1.73. The molecule has 4 heterocycles. The Bertz CT molecular complexity index is 609. The van der Waals surface area contributed by atoms with Gasteiger partial charge in [0.15, 0.2) is 0 Å². The predicted octanol–water partition coefficient (Wildman–Crippen LogP) is 3.25. The van der Waals surface area contributed by atoms with E-state index in [9.17, 15) is 4.79 Å². The smallest absolute Gasteiger partial charge is 0.225 e. The minimum absolute atomic E-state index is 0. The first-order valence-corrected chi connectivity index (χ1v) is 10.6. The van der Waals surface area contributed by atoms with Gasteiger partial charge in [-0.2, -0.15) is 0 Å². The summed E-state index contributed by atoms with van der Waals surface area (Å²) < 4.78 is 0. The van der Waals surface area contributed by atoms with Crippen molar-refractivity contribution in [2.24, 2.45) is 5.92 Å². The summed E-state index contributed by atoms with van der Waals surface area (Å²) in [5.41, 5.74) is 1.18. The van der Waals surface area contributed by atoms with Crippen LogP contribution < -0.4 is 5.32 Å². The molecule has 2 atom stereocenters. The molecule has 8 heteroatoms. The van der Waals surface area contributed by atoms with Crippen LogP contribution >= 0.6 is 36.2 Å². The first-order chi connectivity index (χ1) is 12.1. The van der Waals surface area contributed by atoms with Crippen molar-refractivity contribution in [2.45, 2.75) is 70.1 Å². The second-order valence-electron chi connectivity index (χ2n) is 8.12. The van der Waals surface area contributed by atoms with E-state index in [1.54, 1.807) is 11.3 Å². The van der Waals surface area contributed by atoms with Crippen LogP contribution in [-0.4, -0.2) is 59.0 Å². The van der Waals surface area contributed by atoms with Crippen LogP contribution in [0.5, 0.6) is 0 Å². The van der Waals surface area contributed by atoms with Gasteiger partial charge in [-0.25, -0.2) is 4.98 Å². The van der Waals surface area contributed by atoms with Crippen LogP contribution in [-0.2, 0) is 11.3 Å². The molecule has 1 aromatic heterocycles. The van der Waals surface area contributed by atoms with Gasteiger partial charge in [-0.15, -0.1) is 36.2 Å². The summed E-state index contributed by atoms with van der Waals surface area (Å²) in [7, 11) is 2.04. The number of hydrogen-bond acceptors (Lipinski definition) is 5. The lowest BCUT2D eigenvalue weighted by Gasteiger charge is -2.39. The zero-order valence-corrected chi connectivity index (χ0v) is 18.7. The number of piperidine rings is 2. The van der Waals surface area contributed by atoms with Crippen LogP contribution in [0.2, 0.25) is 0 Å². The number of aromatic nitrogens is 1. The molecular formula is C19H32Cl2N4OS. The fourth-order valence-electron chi connectivity index (χ4n) is 4.86. The standard InChI is InChI=1S/C19H30N4OS.2ClH/c1-13-20-17(12-25-13)11-23-7-5-14(6-8-23)19(24)22(2)18-9-15-3-4-16(10-18)21-15;;/h12,14-16,18,21H,3-11H2,1-2H3;2*1H. The first kappa shape index (κ1) is 22.9. The molecular weight excluding hydrogens is 403 g/mol. The highest BCUT2D eigenvalue weighted by Crippen LogP contribution is 2.31. The third-order valence-electron chi connectivity index (χ3n) is 6.33. The number of hydrogen-bond donors (Lipinski definition) is 1. The molecule has 0 aliphatic carbocycles. The van der Waals surface area contributed by atoms with Crippen molar-refractivity contribution in [1.82, 2.24) is 20.1 Å². The molecule has 0 aromatic carbocycles. The molecule has 3 aliphatic rings. The molecule has 0 saturated carbocycles. The average molecular weight is 435 g/mol. The topological polar surface area (TPSA) is 48.5 Å². The van der Waals surface area contributed by atoms with E-state index in [-0.39, 0.29) is 30.7 Å². The number of carbonyl (C=O) groups excluding carboxylic acids is 1. The molecule has 1 aromatic rings. The van der Waals surface area contributed by atoms with Crippen molar-refractivity contribution in [2.75, 3.05) is 20.1 Å². The van der Waals surface area contributed by atoms with E-state index in [4.69, 9.17) is 0 Å². The molecule has 0 radical (unpaired) electrons. The highest BCUT2D eigenvalue weighted by atomic mass is 35.5. The number of rotatable bonds is 4. The lowest BCUT2D eigenvalue weighted by Crippen LogP contribution is -2.51. The molecule has 5 nitrogen and oxygen atoms in total. The van der Waals surface area contributed by atoms with Crippen molar-refractivity contribution in [1.29, 1.82) is 0 Å². The van der Waals surface area contributed by atoms with Crippen molar-refractivity contribution in [3.8, 4) is 0 Å². The van der Waals surface area contributed by atoms with Gasteiger partial charge in [-0.3, -0.25) is 9.69 Å². The maximum atomic E-state index is 13.0. The molecule has 2 bridgehead atoms. The van der Waals surface area contributed by atoms with E-state index in [2.05, 4.69) is 32.4 Å². The first-order valence-electron chi connectivity index (χ1n) is 9.74. The molecule has 3 aliphatic heterocycles. The van der Waals surface area contributed by atoms with E-state index in [1.807, 2.05) is 7.05 Å². The fourth-order valence-corrected chi connectivity index (χ4v) is 5.46. The normalized spacial score (nSPS) is 28.3. The molecule has 4 rings (SSSR count). The summed E-state index contributed by atoms with van der Waals surface area (Å²) in [5.74, 6) is 0.599. The quantitative estimate of drug-likeness (QED) is 0.789. The van der Waals surface area contributed by atoms with Gasteiger partial charge in [0, 0.05) is 43.0 Å². The Labute approximate surface area is 179 Å². The van der Waals surface area contributed by atoms with Crippen LogP contribution in [0.25, 0.3) is 0 Å². The number of thiazole rings is 1. The van der Waals surface area contributed by atoms with Crippen molar-refractivity contribution >= 4 is 42.1 Å². The maximum Gasteiger partial charge on any atom is 0.225 e. The third-order valence-corrected chi connectivity index (χ3v) is 7.15. The summed E-state index contributed by atoms with van der Waals surface area (Å²) in [5, 5.41) is 6.97. The highest BCUT2D eigenvalue weighted by Gasteiger charge is 2.38. The second kappa shape index (κ2) is 9.88. The molecule has 154 valence electrons. The lowest BCUT2D eigenvalue weighted by molar-refractivity contribution is -0.138. The summed E-state index contributed by atoms with van der Waals surface area (Å²) in [4.78, 5) is 22.1. The van der Waals surface area contributed by atoms with Gasteiger partial charge in [-0.1, -0.05) is 0 Å². The number of fused-ring (bicyclic) bond motifs is 2. The van der Waals surface area contributed by atoms with E-state index in [1.165, 1.54) is 18.5 Å². The number of carbonyl (C=O) groups is 1. The Kier molecular flexibility index (Phi) is 8.37. The van der Waals surface area contributed by atoms with E-state index >= 15 is 0 Å². The second-order valence-corrected chi connectivity index (χ2v) is 9.18. The monoisotopic (exact) mass is 434 g/mol. The minimum atomic E-state index is 0. The number of likely N-dealkylation sites (tertiary alicyclic amines) is 1. The molecule has 3 saturated heterocycles. The Morgan fingerprint density at radius 2 is 1.85 bits per heavy atom. The number of halogens is 2. The van der Waals surface area contributed by atoms with E-state index in [0.717, 1.165) is 50.3 Å².